The van der Waals surface area contributed by atoms with Crippen molar-refractivity contribution in [1.82, 2.24) is 15.2 Å². The summed E-state index contributed by atoms with van der Waals surface area (Å²) in [6.45, 7) is 3.12. The van der Waals surface area contributed by atoms with E-state index in [1.54, 1.807) is 30.9 Å². The van der Waals surface area contributed by atoms with E-state index >= 15 is 0 Å². The average molecular weight is 446 g/mol. The molecule has 7 nitrogen and oxygen atoms in total. The highest BCUT2D eigenvalue weighted by molar-refractivity contribution is 5.80. The molecule has 2 aromatic carbocycles. The summed E-state index contributed by atoms with van der Waals surface area (Å²) in [5, 5.41) is 6.95. The Bertz CT molecular complexity index is 1140. The maximum atomic E-state index is 11.9. The van der Waals surface area contributed by atoms with Crippen molar-refractivity contribution in [3.05, 3.63) is 94.4 Å². The van der Waals surface area contributed by atoms with Crippen molar-refractivity contribution >= 4 is 11.6 Å². The van der Waals surface area contributed by atoms with E-state index in [2.05, 4.69) is 50.9 Å². The van der Waals surface area contributed by atoms with Gasteiger partial charge in [-0.1, -0.05) is 42.5 Å². The van der Waals surface area contributed by atoms with Crippen molar-refractivity contribution < 1.29 is 4.74 Å². The molecule has 1 atom stereocenters. The lowest BCUT2D eigenvalue weighted by Gasteiger charge is -2.22. The smallest absolute Gasteiger partial charge is 0.250 e. The summed E-state index contributed by atoms with van der Waals surface area (Å²) < 4.78 is 7.22. The van der Waals surface area contributed by atoms with Gasteiger partial charge in [0.2, 0.25) is 0 Å². The number of nitrogens with zero attached hydrogens (tertiary/aromatic N) is 3. The molecule has 2 N–H and O–H groups in total. The summed E-state index contributed by atoms with van der Waals surface area (Å²) in [6.07, 6.45) is 2.85. The quantitative estimate of drug-likeness (QED) is 0.432. The fourth-order valence-electron chi connectivity index (χ4n) is 4.11. The molecule has 4 rings (SSSR count). The number of guanidine groups is 1. The van der Waals surface area contributed by atoms with Crippen LogP contribution in [0.3, 0.4) is 0 Å². The maximum absolute atomic E-state index is 11.9. The van der Waals surface area contributed by atoms with Gasteiger partial charge in [-0.25, -0.2) is 0 Å². The Balaban J connectivity index is 1.28. The molecule has 1 fully saturated rings. The first-order chi connectivity index (χ1) is 16.2. The number of para-hydroxylation sites is 2. The van der Waals surface area contributed by atoms with Crippen molar-refractivity contribution in [2.45, 2.75) is 25.6 Å². The predicted molar refractivity (Wildman–Crippen MR) is 133 cm³/mol. The number of pyridine rings is 1. The molecule has 3 aromatic rings. The lowest BCUT2D eigenvalue weighted by atomic mass is 10.1. The molecule has 0 aliphatic carbocycles. The number of ether oxygens (including phenoxy) is 1. The summed E-state index contributed by atoms with van der Waals surface area (Å²) in [4.78, 5) is 18.6. The molecule has 1 aliphatic rings. The zero-order valence-corrected chi connectivity index (χ0v) is 19.2. The molecule has 0 amide bonds. The topological polar surface area (TPSA) is 70.9 Å². The summed E-state index contributed by atoms with van der Waals surface area (Å²) in [6, 6.07) is 22.0. The van der Waals surface area contributed by atoms with Crippen LogP contribution in [0.4, 0.5) is 5.69 Å². The van der Waals surface area contributed by atoms with Crippen LogP contribution >= 0.6 is 0 Å². The number of hydrogen-bond acceptors (Lipinski definition) is 4. The van der Waals surface area contributed by atoms with Gasteiger partial charge in [-0.05, 0) is 35.7 Å². The molecule has 0 bridgehead atoms. The van der Waals surface area contributed by atoms with E-state index in [0.29, 0.717) is 19.1 Å². The van der Waals surface area contributed by atoms with Gasteiger partial charge in [0.1, 0.15) is 5.75 Å². The first-order valence-corrected chi connectivity index (χ1v) is 11.2. The number of benzene rings is 2. The highest BCUT2D eigenvalue weighted by Gasteiger charge is 2.25. The summed E-state index contributed by atoms with van der Waals surface area (Å²) in [7, 11) is 3.51. The van der Waals surface area contributed by atoms with Gasteiger partial charge in [0, 0.05) is 45.0 Å². The van der Waals surface area contributed by atoms with Crippen molar-refractivity contribution in [1.29, 1.82) is 0 Å². The number of anilines is 1. The summed E-state index contributed by atoms with van der Waals surface area (Å²) >= 11 is 0. The molecule has 1 saturated heterocycles. The summed E-state index contributed by atoms with van der Waals surface area (Å²) in [5.74, 6) is 1.70. The van der Waals surface area contributed by atoms with Crippen LogP contribution in [0.15, 0.2) is 82.7 Å². The molecule has 1 aromatic heterocycles. The minimum Gasteiger partial charge on any atom is -0.495 e. The fourth-order valence-corrected chi connectivity index (χ4v) is 4.11. The predicted octanol–water partition coefficient (Wildman–Crippen LogP) is 2.85. The van der Waals surface area contributed by atoms with Crippen LogP contribution in [0, 0.1) is 0 Å². The Morgan fingerprint density at radius 3 is 2.58 bits per heavy atom. The van der Waals surface area contributed by atoms with Crippen LogP contribution < -0.4 is 25.8 Å². The minimum atomic E-state index is 0.00861. The molecule has 2 heterocycles. The van der Waals surface area contributed by atoms with Crippen LogP contribution in [0.5, 0.6) is 5.75 Å². The molecule has 7 heteroatoms. The van der Waals surface area contributed by atoms with E-state index in [1.807, 2.05) is 30.5 Å². The zero-order chi connectivity index (χ0) is 23.0. The molecule has 1 aliphatic heterocycles. The molecule has 0 saturated carbocycles. The van der Waals surface area contributed by atoms with Gasteiger partial charge < -0.3 is 24.8 Å². The Labute approximate surface area is 194 Å². The Hall–Kier alpha value is -3.74. The number of nitrogens with one attached hydrogen (secondary N) is 2. The largest absolute Gasteiger partial charge is 0.495 e. The Kier molecular flexibility index (Phi) is 7.29. The van der Waals surface area contributed by atoms with Crippen molar-refractivity contribution in [2.24, 2.45) is 4.99 Å². The van der Waals surface area contributed by atoms with Gasteiger partial charge in [-0.15, -0.1) is 0 Å². The number of methoxy groups -OCH3 is 1. The lowest BCUT2D eigenvalue weighted by molar-refractivity contribution is 0.415. The molecular weight excluding hydrogens is 414 g/mol. The van der Waals surface area contributed by atoms with Crippen molar-refractivity contribution in [3.8, 4) is 5.75 Å². The van der Waals surface area contributed by atoms with Gasteiger partial charge in [0.05, 0.1) is 19.3 Å². The lowest BCUT2D eigenvalue weighted by Crippen LogP contribution is -2.44. The number of aliphatic imine (C=N–C) groups is 1. The normalized spacial score (nSPS) is 16.0. The second kappa shape index (κ2) is 10.7. The fraction of sp³-hybridized carbons (Fsp3) is 0.308. The van der Waals surface area contributed by atoms with E-state index < -0.39 is 0 Å². The van der Waals surface area contributed by atoms with E-state index in [4.69, 9.17) is 4.74 Å². The van der Waals surface area contributed by atoms with Gasteiger partial charge in [0.15, 0.2) is 5.96 Å². The van der Waals surface area contributed by atoms with Crippen molar-refractivity contribution in [2.75, 3.05) is 32.1 Å². The molecule has 172 valence electrons. The van der Waals surface area contributed by atoms with Crippen molar-refractivity contribution in [3.63, 3.8) is 0 Å². The molecule has 0 radical (unpaired) electrons. The van der Waals surface area contributed by atoms with E-state index in [1.165, 1.54) is 0 Å². The number of aromatic nitrogens is 1. The minimum absolute atomic E-state index is 0.00861. The van der Waals surface area contributed by atoms with Crippen LogP contribution in [0.1, 0.15) is 17.5 Å². The van der Waals surface area contributed by atoms with Gasteiger partial charge in [-0.2, -0.15) is 0 Å². The maximum Gasteiger partial charge on any atom is 0.250 e. The number of hydrogen-bond donors (Lipinski definition) is 2. The third-order valence-electron chi connectivity index (χ3n) is 5.91. The second-order valence-corrected chi connectivity index (χ2v) is 8.16. The summed E-state index contributed by atoms with van der Waals surface area (Å²) in [5.41, 5.74) is 3.39. The zero-order valence-electron chi connectivity index (χ0n) is 19.2. The Morgan fingerprint density at radius 2 is 1.82 bits per heavy atom. The van der Waals surface area contributed by atoms with Crippen LogP contribution in [0.25, 0.3) is 0 Å². The van der Waals surface area contributed by atoms with Crippen LogP contribution in [-0.4, -0.2) is 43.8 Å². The average Bonchev–Trinajstić information content (AvgIpc) is 3.32. The number of rotatable bonds is 7. The highest BCUT2D eigenvalue weighted by atomic mass is 16.5. The monoisotopic (exact) mass is 445 g/mol. The molecule has 0 spiro atoms. The SMILES string of the molecule is CN=C(NCc1ccc(Cn2ccccc2=O)cc1)NC1CCN(c2ccccc2OC)C1. The van der Waals surface area contributed by atoms with Gasteiger partial charge >= 0.3 is 0 Å². The molecule has 33 heavy (non-hydrogen) atoms. The van der Waals surface area contributed by atoms with E-state index in [9.17, 15) is 4.79 Å². The Morgan fingerprint density at radius 1 is 1.06 bits per heavy atom. The third kappa shape index (κ3) is 5.74. The van der Waals surface area contributed by atoms with Crippen LogP contribution in [0.2, 0.25) is 0 Å². The highest BCUT2D eigenvalue weighted by Crippen LogP contribution is 2.30. The van der Waals surface area contributed by atoms with Gasteiger partial charge in [0.25, 0.3) is 5.56 Å². The standard InChI is InChI=1S/C26H31N5O2/c1-27-26(29-22-14-16-30(19-22)23-7-3-4-8-24(23)33-2)28-17-20-10-12-21(13-11-20)18-31-15-6-5-9-25(31)32/h3-13,15,22H,14,16-19H2,1-2H3,(H2,27,28,29). The van der Waals surface area contributed by atoms with Crippen LogP contribution in [-0.2, 0) is 13.1 Å². The van der Waals surface area contributed by atoms with Gasteiger partial charge in [-0.3, -0.25) is 9.79 Å². The first kappa shape index (κ1) is 22.5. The molecule has 1 unspecified atom stereocenters. The molecular formula is C26H31N5O2. The second-order valence-electron chi connectivity index (χ2n) is 8.16. The van der Waals surface area contributed by atoms with E-state index in [-0.39, 0.29) is 5.56 Å². The third-order valence-corrected chi connectivity index (χ3v) is 5.91. The first-order valence-electron chi connectivity index (χ1n) is 11.2. The van der Waals surface area contributed by atoms with E-state index in [0.717, 1.165) is 48.0 Å².